The zero-order valence-corrected chi connectivity index (χ0v) is 17.7. The third-order valence-electron chi connectivity index (χ3n) is 6.36. The molecule has 0 amide bonds. The van der Waals surface area contributed by atoms with E-state index >= 15 is 0 Å². The van der Waals surface area contributed by atoms with Crippen LogP contribution >= 0.6 is 0 Å². The van der Waals surface area contributed by atoms with E-state index in [4.69, 9.17) is 0 Å². The Morgan fingerprint density at radius 3 is 1.94 bits per heavy atom. The quantitative estimate of drug-likeness (QED) is 0.282. The monoisotopic (exact) mass is 399 g/mol. The molecule has 1 aromatic heterocycles. The first-order chi connectivity index (χ1) is 15.2. The van der Waals surface area contributed by atoms with E-state index in [1.807, 2.05) is 0 Å². The predicted octanol–water partition coefficient (Wildman–Crippen LogP) is 6.83. The molecule has 1 heterocycles. The lowest BCUT2D eigenvalue weighted by atomic mass is 10.1. The van der Waals surface area contributed by atoms with Gasteiger partial charge in [-0.2, -0.15) is 9.13 Å². The van der Waals surface area contributed by atoms with E-state index in [9.17, 15) is 0 Å². The van der Waals surface area contributed by atoms with Gasteiger partial charge in [0.25, 0.3) is 6.33 Å². The second-order valence-corrected chi connectivity index (χ2v) is 8.34. The minimum Gasteiger partial charge on any atom is -0.195 e. The lowest BCUT2D eigenvalue weighted by Gasteiger charge is -2.03. The lowest BCUT2D eigenvalue weighted by molar-refractivity contribution is -0.567. The molecule has 2 nitrogen and oxygen atoms in total. The molecule has 5 aromatic carbocycles. The average Bonchev–Trinajstić information content (AvgIpc) is 3.17. The largest absolute Gasteiger partial charge is 0.255 e. The Morgan fingerprint density at radius 1 is 0.581 bits per heavy atom. The van der Waals surface area contributed by atoms with Gasteiger partial charge in [0.05, 0.1) is 0 Å². The summed E-state index contributed by atoms with van der Waals surface area (Å²) in [5, 5.41) is 5.03. The number of hydrogen-bond donors (Lipinski definition) is 0. The van der Waals surface area contributed by atoms with Crippen LogP contribution in [0.4, 0.5) is 0 Å². The van der Waals surface area contributed by atoms with Gasteiger partial charge in [-0.25, -0.2) is 0 Å². The van der Waals surface area contributed by atoms with Crippen molar-refractivity contribution in [1.29, 1.82) is 0 Å². The van der Waals surface area contributed by atoms with Gasteiger partial charge in [-0.15, -0.1) is 0 Å². The molecule has 31 heavy (non-hydrogen) atoms. The third-order valence-corrected chi connectivity index (χ3v) is 6.36. The molecular weight excluding hydrogens is 376 g/mol. The van der Waals surface area contributed by atoms with E-state index < -0.39 is 0 Å². The third kappa shape index (κ3) is 2.91. The number of imidazole rings is 1. The van der Waals surface area contributed by atoms with Crippen molar-refractivity contribution in [1.82, 2.24) is 4.57 Å². The fraction of sp³-hybridized carbons (Fsp3) is 0.0690. The second kappa shape index (κ2) is 6.82. The van der Waals surface area contributed by atoms with Crippen molar-refractivity contribution in [3.8, 4) is 11.4 Å². The fourth-order valence-corrected chi connectivity index (χ4v) is 4.48. The van der Waals surface area contributed by atoms with Crippen LogP contribution < -0.4 is 4.57 Å². The van der Waals surface area contributed by atoms with Crippen LogP contribution in [0.1, 0.15) is 11.1 Å². The van der Waals surface area contributed by atoms with Crippen LogP contribution in [0.2, 0.25) is 0 Å². The molecular formula is C29H23N2+. The van der Waals surface area contributed by atoms with E-state index in [1.165, 1.54) is 55.1 Å². The van der Waals surface area contributed by atoms with E-state index in [0.717, 1.165) is 0 Å². The molecule has 148 valence electrons. The second-order valence-electron chi connectivity index (χ2n) is 8.34. The van der Waals surface area contributed by atoms with E-state index in [0.29, 0.717) is 0 Å². The zero-order chi connectivity index (χ0) is 20.9. The van der Waals surface area contributed by atoms with Crippen LogP contribution in [0.15, 0.2) is 103 Å². The van der Waals surface area contributed by atoms with Gasteiger partial charge in [-0.1, -0.05) is 60.7 Å². The summed E-state index contributed by atoms with van der Waals surface area (Å²) in [6.45, 7) is 4.37. The molecule has 0 radical (unpaired) electrons. The molecule has 2 heteroatoms. The highest BCUT2D eigenvalue weighted by atomic mass is 15.1. The summed E-state index contributed by atoms with van der Waals surface area (Å²) in [6.07, 6.45) is 2.22. The Hall–Kier alpha value is -3.91. The molecule has 6 aromatic rings. The minimum atomic E-state index is 1.17. The van der Waals surface area contributed by atoms with Crippen LogP contribution in [-0.4, -0.2) is 4.57 Å². The van der Waals surface area contributed by atoms with Gasteiger partial charge in [-0.3, -0.25) is 0 Å². The van der Waals surface area contributed by atoms with E-state index in [-0.39, 0.29) is 0 Å². The molecule has 0 fully saturated rings. The van der Waals surface area contributed by atoms with Crippen molar-refractivity contribution in [2.24, 2.45) is 0 Å². The Balaban J connectivity index is 1.63. The van der Waals surface area contributed by atoms with Gasteiger partial charge in [0.2, 0.25) is 0 Å². The number of nitrogens with zero attached hydrogens (tertiary/aromatic N) is 2. The minimum absolute atomic E-state index is 1.17. The summed E-state index contributed by atoms with van der Waals surface area (Å²) in [5.74, 6) is 0. The summed E-state index contributed by atoms with van der Waals surface area (Å²) in [5.41, 5.74) is 7.38. The van der Waals surface area contributed by atoms with E-state index in [1.54, 1.807) is 0 Å². The molecule has 0 aliphatic rings. The van der Waals surface area contributed by atoms with Crippen LogP contribution in [-0.2, 0) is 0 Å². The van der Waals surface area contributed by atoms with Gasteiger partial charge >= 0.3 is 0 Å². The summed E-state index contributed by atoms with van der Waals surface area (Å²) in [7, 11) is 0. The summed E-state index contributed by atoms with van der Waals surface area (Å²) >= 11 is 0. The maximum atomic E-state index is 2.31. The average molecular weight is 400 g/mol. The van der Waals surface area contributed by atoms with Gasteiger partial charge in [0, 0.05) is 0 Å². The highest BCUT2D eigenvalue weighted by Crippen LogP contribution is 2.25. The first-order valence-corrected chi connectivity index (χ1v) is 10.7. The van der Waals surface area contributed by atoms with Crippen LogP contribution in [0.3, 0.4) is 0 Å². The normalized spacial score (nSPS) is 11.5. The van der Waals surface area contributed by atoms with Crippen molar-refractivity contribution < 1.29 is 4.57 Å². The fourth-order valence-electron chi connectivity index (χ4n) is 4.48. The Bertz CT molecular complexity index is 1490. The Labute approximate surface area is 181 Å². The molecule has 0 aliphatic carbocycles. The first kappa shape index (κ1) is 17.9. The molecule has 0 spiro atoms. The number of rotatable bonds is 2. The number of fused-ring (bicyclic) bond motifs is 3. The SMILES string of the molecule is Cc1cc2c(cc1C)[n+](-c1ccc3ccccc3c1)cn2-c1ccc2ccccc2c1. The van der Waals surface area contributed by atoms with Gasteiger partial charge in [0.1, 0.15) is 11.4 Å². The van der Waals surface area contributed by atoms with Crippen molar-refractivity contribution in [3.05, 3.63) is 115 Å². The molecule has 0 atom stereocenters. The Morgan fingerprint density at radius 2 is 1.19 bits per heavy atom. The molecule has 6 rings (SSSR count). The van der Waals surface area contributed by atoms with Crippen molar-refractivity contribution in [2.75, 3.05) is 0 Å². The van der Waals surface area contributed by atoms with Crippen LogP contribution in [0.5, 0.6) is 0 Å². The number of aromatic nitrogens is 2. The van der Waals surface area contributed by atoms with Gasteiger partial charge < -0.3 is 0 Å². The molecule has 0 aliphatic heterocycles. The lowest BCUT2D eigenvalue weighted by Crippen LogP contribution is -2.28. The highest BCUT2D eigenvalue weighted by molar-refractivity contribution is 5.86. The number of benzene rings is 5. The van der Waals surface area contributed by atoms with Crippen molar-refractivity contribution >= 4 is 32.6 Å². The zero-order valence-electron chi connectivity index (χ0n) is 17.7. The summed E-state index contributed by atoms with van der Waals surface area (Å²) < 4.78 is 4.62. The summed E-state index contributed by atoms with van der Waals surface area (Å²) in [4.78, 5) is 0. The maximum absolute atomic E-state index is 2.31. The Kier molecular flexibility index (Phi) is 3.94. The van der Waals surface area contributed by atoms with Crippen LogP contribution in [0.25, 0.3) is 44.0 Å². The number of hydrogen-bond acceptors (Lipinski definition) is 0. The van der Waals surface area contributed by atoms with E-state index in [2.05, 4.69) is 126 Å². The highest BCUT2D eigenvalue weighted by Gasteiger charge is 2.20. The van der Waals surface area contributed by atoms with Crippen molar-refractivity contribution in [3.63, 3.8) is 0 Å². The smallest absolute Gasteiger partial charge is 0.195 e. The molecule has 0 saturated carbocycles. The molecule has 0 N–H and O–H groups in total. The maximum Gasteiger partial charge on any atom is 0.255 e. The van der Waals surface area contributed by atoms with Crippen molar-refractivity contribution in [2.45, 2.75) is 13.8 Å². The first-order valence-electron chi connectivity index (χ1n) is 10.7. The standard InChI is InChI=1S/C29H23N2/c1-20-15-28-29(16-21(20)2)31(27-14-12-23-8-4-6-10-25(23)18-27)19-30(28)26-13-11-22-7-3-5-9-24(22)17-26/h3-19H,1-2H3/q+1. The topological polar surface area (TPSA) is 8.81 Å². The van der Waals surface area contributed by atoms with Gasteiger partial charge in [0.15, 0.2) is 11.0 Å². The molecule has 0 saturated heterocycles. The van der Waals surface area contributed by atoms with Gasteiger partial charge in [-0.05, 0) is 82.9 Å². The predicted molar refractivity (Wildman–Crippen MR) is 129 cm³/mol. The molecule has 0 unspecified atom stereocenters. The number of aryl methyl sites for hydroxylation is 2. The summed E-state index contributed by atoms with van der Waals surface area (Å²) in [6, 6.07) is 35.0. The van der Waals surface area contributed by atoms with Crippen LogP contribution in [0, 0.1) is 13.8 Å². The molecule has 0 bridgehead atoms.